The Morgan fingerprint density at radius 1 is 1.23 bits per heavy atom. The third-order valence-corrected chi connectivity index (χ3v) is 6.20. The lowest BCUT2D eigenvalue weighted by Gasteiger charge is -2.41. The van der Waals surface area contributed by atoms with Crippen LogP contribution < -0.4 is 5.32 Å². The van der Waals surface area contributed by atoms with Crippen LogP contribution in [0.1, 0.15) is 37.1 Å². The molecule has 22 heavy (non-hydrogen) atoms. The van der Waals surface area contributed by atoms with Crippen molar-refractivity contribution >= 4 is 11.3 Å². The number of thiazole rings is 1. The fourth-order valence-electron chi connectivity index (χ4n) is 4.04. The second-order valence-corrected chi connectivity index (χ2v) is 7.56. The Labute approximate surface area is 136 Å². The predicted molar refractivity (Wildman–Crippen MR) is 90.9 cm³/mol. The SMILES string of the molecule is c1cc(-c2csc(CCCNC3C[C@@H]4CCC[C@H]34)n2)ccn1. The zero-order valence-corrected chi connectivity index (χ0v) is 13.7. The lowest BCUT2D eigenvalue weighted by atomic mass is 9.71. The number of rotatable bonds is 6. The summed E-state index contributed by atoms with van der Waals surface area (Å²) in [5, 5.41) is 7.18. The molecule has 2 aromatic rings. The maximum absolute atomic E-state index is 4.75. The van der Waals surface area contributed by atoms with Gasteiger partial charge in [0.25, 0.3) is 0 Å². The molecule has 0 spiro atoms. The zero-order valence-electron chi connectivity index (χ0n) is 12.9. The van der Waals surface area contributed by atoms with Crippen LogP contribution in [0.15, 0.2) is 29.9 Å². The lowest BCUT2D eigenvalue weighted by Crippen LogP contribution is -2.48. The van der Waals surface area contributed by atoms with Crippen LogP contribution in [0.5, 0.6) is 0 Å². The van der Waals surface area contributed by atoms with E-state index in [1.807, 2.05) is 24.5 Å². The monoisotopic (exact) mass is 313 g/mol. The topological polar surface area (TPSA) is 37.8 Å². The fourth-order valence-corrected chi connectivity index (χ4v) is 4.89. The van der Waals surface area contributed by atoms with Gasteiger partial charge in [-0.3, -0.25) is 4.98 Å². The van der Waals surface area contributed by atoms with Crippen LogP contribution >= 0.6 is 11.3 Å². The van der Waals surface area contributed by atoms with Crippen molar-refractivity contribution in [2.24, 2.45) is 11.8 Å². The van der Waals surface area contributed by atoms with E-state index in [1.165, 1.54) is 37.1 Å². The van der Waals surface area contributed by atoms with Crippen LogP contribution in [0.25, 0.3) is 11.3 Å². The number of nitrogens with one attached hydrogen (secondary N) is 1. The van der Waals surface area contributed by atoms with Gasteiger partial charge < -0.3 is 5.32 Å². The van der Waals surface area contributed by atoms with Crippen LogP contribution in [0.2, 0.25) is 0 Å². The fraction of sp³-hybridized carbons (Fsp3) is 0.556. The molecule has 2 aliphatic carbocycles. The quantitative estimate of drug-likeness (QED) is 0.822. The molecule has 116 valence electrons. The Morgan fingerprint density at radius 2 is 2.14 bits per heavy atom. The predicted octanol–water partition coefficient (Wildman–Crippen LogP) is 3.92. The van der Waals surface area contributed by atoms with E-state index in [0.717, 1.165) is 42.1 Å². The molecule has 2 aliphatic rings. The summed E-state index contributed by atoms with van der Waals surface area (Å²) < 4.78 is 0. The Balaban J connectivity index is 1.22. The van der Waals surface area contributed by atoms with Crippen molar-refractivity contribution < 1.29 is 0 Å². The van der Waals surface area contributed by atoms with Crippen molar-refractivity contribution in [3.8, 4) is 11.3 Å². The molecule has 2 saturated carbocycles. The normalized spacial score (nSPS) is 26.6. The maximum atomic E-state index is 4.75. The summed E-state index contributed by atoms with van der Waals surface area (Å²) in [4.78, 5) is 8.81. The van der Waals surface area contributed by atoms with Crippen LogP contribution in [0.4, 0.5) is 0 Å². The average molecular weight is 313 g/mol. The van der Waals surface area contributed by atoms with Gasteiger partial charge in [-0.15, -0.1) is 11.3 Å². The highest BCUT2D eigenvalue weighted by Crippen LogP contribution is 2.46. The van der Waals surface area contributed by atoms with E-state index in [9.17, 15) is 0 Å². The molecule has 0 radical (unpaired) electrons. The average Bonchev–Trinajstić information content (AvgIpc) is 3.15. The minimum Gasteiger partial charge on any atom is -0.314 e. The van der Waals surface area contributed by atoms with E-state index in [2.05, 4.69) is 15.7 Å². The number of pyridine rings is 1. The van der Waals surface area contributed by atoms with Crippen LogP contribution in [-0.2, 0) is 6.42 Å². The highest BCUT2D eigenvalue weighted by atomic mass is 32.1. The summed E-state index contributed by atoms with van der Waals surface area (Å²) in [5.41, 5.74) is 2.25. The number of aromatic nitrogens is 2. The molecule has 0 saturated heterocycles. The van der Waals surface area contributed by atoms with Gasteiger partial charge in [0.05, 0.1) is 10.7 Å². The smallest absolute Gasteiger partial charge is 0.0933 e. The number of fused-ring (bicyclic) bond motifs is 1. The molecule has 0 aromatic carbocycles. The van der Waals surface area contributed by atoms with E-state index in [1.54, 1.807) is 11.3 Å². The van der Waals surface area contributed by atoms with Crippen molar-refractivity contribution in [3.63, 3.8) is 0 Å². The van der Waals surface area contributed by atoms with Gasteiger partial charge in [0.15, 0.2) is 0 Å². The summed E-state index contributed by atoms with van der Waals surface area (Å²) in [6.45, 7) is 1.14. The highest BCUT2D eigenvalue weighted by Gasteiger charge is 2.42. The maximum Gasteiger partial charge on any atom is 0.0933 e. The van der Waals surface area contributed by atoms with Crippen molar-refractivity contribution in [3.05, 3.63) is 34.9 Å². The van der Waals surface area contributed by atoms with Crippen molar-refractivity contribution in [1.29, 1.82) is 0 Å². The molecule has 2 fully saturated rings. The molecule has 1 N–H and O–H groups in total. The van der Waals surface area contributed by atoms with E-state index < -0.39 is 0 Å². The summed E-state index contributed by atoms with van der Waals surface area (Å²) in [7, 11) is 0. The Morgan fingerprint density at radius 3 is 3.00 bits per heavy atom. The Bertz CT molecular complexity index is 610. The first-order chi connectivity index (χ1) is 10.9. The second kappa shape index (κ2) is 6.47. The molecule has 0 amide bonds. The van der Waals surface area contributed by atoms with Gasteiger partial charge in [0, 0.05) is 35.8 Å². The number of hydrogen-bond acceptors (Lipinski definition) is 4. The first kappa shape index (κ1) is 14.3. The Kier molecular flexibility index (Phi) is 4.22. The minimum atomic E-state index is 0.816. The van der Waals surface area contributed by atoms with E-state index in [4.69, 9.17) is 4.98 Å². The van der Waals surface area contributed by atoms with Gasteiger partial charge in [-0.1, -0.05) is 12.8 Å². The molecule has 1 unspecified atom stereocenters. The van der Waals surface area contributed by atoms with Crippen molar-refractivity contribution in [1.82, 2.24) is 15.3 Å². The Hall–Kier alpha value is -1.26. The molecule has 4 heteroatoms. The molecule has 3 nitrogen and oxygen atoms in total. The molecular weight excluding hydrogens is 290 g/mol. The first-order valence-corrected chi connectivity index (χ1v) is 9.36. The third-order valence-electron chi connectivity index (χ3n) is 5.29. The third kappa shape index (κ3) is 2.95. The summed E-state index contributed by atoms with van der Waals surface area (Å²) in [6.07, 6.45) is 11.8. The van der Waals surface area contributed by atoms with Gasteiger partial charge in [0.2, 0.25) is 0 Å². The van der Waals surface area contributed by atoms with Gasteiger partial charge in [0.1, 0.15) is 0 Å². The van der Waals surface area contributed by atoms with E-state index in [-0.39, 0.29) is 0 Å². The van der Waals surface area contributed by atoms with Crippen LogP contribution in [0.3, 0.4) is 0 Å². The van der Waals surface area contributed by atoms with Crippen molar-refractivity contribution in [2.45, 2.75) is 44.6 Å². The number of hydrogen-bond donors (Lipinski definition) is 1. The molecule has 0 bridgehead atoms. The molecule has 2 heterocycles. The van der Waals surface area contributed by atoms with Gasteiger partial charge in [-0.05, 0) is 49.8 Å². The molecule has 4 rings (SSSR count). The lowest BCUT2D eigenvalue weighted by molar-refractivity contribution is 0.138. The molecule has 0 aliphatic heterocycles. The zero-order chi connectivity index (χ0) is 14.8. The molecule has 2 aromatic heterocycles. The van der Waals surface area contributed by atoms with Crippen molar-refractivity contribution in [2.75, 3.05) is 6.54 Å². The number of aryl methyl sites for hydroxylation is 1. The van der Waals surface area contributed by atoms with Crippen LogP contribution in [0, 0.1) is 11.8 Å². The first-order valence-electron chi connectivity index (χ1n) is 8.48. The standard InChI is InChI=1S/C18H23N3S/c1-3-14-11-16(15(14)4-1)20-8-2-5-18-21-17(12-22-18)13-6-9-19-10-7-13/h6-7,9-10,12,14-16,20H,1-5,8,11H2/t14-,15-,16?/m0/s1. The van der Waals surface area contributed by atoms with Gasteiger partial charge in [-0.25, -0.2) is 4.98 Å². The van der Waals surface area contributed by atoms with Gasteiger partial charge >= 0.3 is 0 Å². The summed E-state index contributed by atoms with van der Waals surface area (Å²) >= 11 is 1.78. The van der Waals surface area contributed by atoms with E-state index in [0.29, 0.717) is 0 Å². The second-order valence-electron chi connectivity index (χ2n) is 6.62. The highest BCUT2D eigenvalue weighted by molar-refractivity contribution is 7.09. The molecule has 3 atom stereocenters. The van der Waals surface area contributed by atoms with Crippen LogP contribution in [-0.4, -0.2) is 22.6 Å². The molecular formula is C18H23N3S. The largest absolute Gasteiger partial charge is 0.314 e. The van der Waals surface area contributed by atoms with Gasteiger partial charge in [-0.2, -0.15) is 0 Å². The summed E-state index contributed by atoms with van der Waals surface area (Å²) in [5.74, 6) is 2.05. The number of nitrogens with zero attached hydrogens (tertiary/aromatic N) is 2. The summed E-state index contributed by atoms with van der Waals surface area (Å²) in [6, 6.07) is 4.86. The minimum absolute atomic E-state index is 0.816. The van der Waals surface area contributed by atoms with E-state index >= 15 is 0 Å².